The van der Waals surface area contributed by atoms with Crippen LogP contribution >= 0.6 is 23.2 Å². The van der Waals surface area contributed by atoms with Gasteiger partial charge in [-0.3, -0.25) is 10.2 Å². The first kappa shape index (κ1) is 16.0. The number of pyridine rings is 1. The maximum Gasteiger partial charge on any atom is 0.347 e. The van der Waals surface area contributed by atoms with Crippen molar-refractivity contribution in [1.29, 1.82) is 0 Å². The van der Waals surface area contributed by atoms with Crippen LogP contribution < -0.4 is 15.5 Å². The summed E-state index contributed by atoms with van der Waals surface area (Å²) in [5, 5.41) is 16.6. The molecule has 6 nitrogen and oxygen atoms in total. The molecule has 2 N–H and O–H groups in total. The number of carbonyl (C=O) groups is 1. The second-order valence-electron chi connectivity index (χ2n) is 5.62. The summed E-state index contributed by atoms with van der Waals surface area (Å²) in [5.74, 6) is 0. The molecule has 3 aromatic rings. The van der Waals surface area contributed by atoms with Crippen LogP contribution in [0, 0.1) is 6.92 Å². The first-order valence-corrected chi connectivity index (χ1v) is 8.17. The number of para-hydroxylation sites is 1. The maximum absolute atomic E-state index is 12.6. The van der Waals surface area contributed by atoms with Crippen LogP contribution in [0.1, 0.15) is 5.69 Å². The number of halogens is 2. The van der Waals surface area contributed by atoms with Crippen LogP contribution in [0.2, 0.25) is 10.0 Å². The van der Waals surface area contributed by atoms with Gasteiger partial charge in [0, 0.05) is 11.1 Å². The second-order valence-corrected chi connectivity index (χ2v) is 6.43. The van der Waals surface area contributed by atoms with E-state index in [1.54, 1.807) is 12.1 Å². The average molecular weight is 375 g/mol. The van der Waals surface area contributed by atoms with E-state index in [1.165, 1.54) is 12.1 Å². The molecule has 0 aliphatic carbocycles. The third-order valence-electron chi connectivity index (χ3n) is 3.94. The zero-order valence-electron chi connectivity index (χ0n) is 13.0. The summed E-state index contributed by atoms with van der Waals surface area (Å²) in [5.41, 5.74) is 2.51. The molecule has 2 amide bonds. The molecule has 2 heterocycles. The Balaban J connectivity index is 1.90. The number of benzene rings is 2. The van der Waals surface area contributed by atoms with Gasteiger partial charge in [-0.05, 0) is 31.2 Å². The van der Waals surface area contributed by atoms with Crippen LogP contribution in [0.3, 0.4) is 0 Å². The van der Waals surface area contributed by atoms with Crippen molar-refractivity contribution in [1.82, 2.24) is 4.98 Å². The summed E-state index contributed by atoms with van der Waals surface area (Å²) >= 11 is 12.0. The van der Waals surface area contributed by atoms with Gasteiger partial charge < -0.3 is 5.32 Å². The number of aromatic nitrogens is 1. The number of amides is 2. The maximum atomic E-state index is 12.6. The van der Waals surface area contributed by atoms with Crippen molar-refractivity contribution in [2.24, 2.45) is 0 Å². The van der Waals surface area contributed by atoms with Crippen LogP contribution in [0.5, 0.6) is 0 Å². The largest absolute Gasteiger partial charge is 0.347 e. The predicted molar refractivity (Wildman–Crippen MR) is 98.7 cm³/mol. The van der Waals surface area contributed by atoms with E-state index in [0.717, 1.165) is 21.3 Å². The highest BCUT2D eigenvalue weighted by Crippen LogP contribution is 2.39. The van der Waals surface area contributed by atoms with Crippen LogP contribution in [-0.4, -0.2) is 16.2 Å². The fraction of sp³-hybridized carbons (Fsp3) is 0.0588. The number of nitrogens with zero attached hydrogens (tertiary/aromatic N) is 3. The van der Waals surface area contributed by atoms with E-state index < -0.39 is 6.03 Å². The lowest BCUT2D eigenvalue weighted by molar-refractivity contribution is 0.221. The van der Waals surface area contributed by atoms with Crippen molar-refractivity contribution < 1.29 is 10.0 Å². The van der Waals surface area contributed by atoms with Gasteiger partial charge in [0.2, 0.25) is 0 Å². The number of anilines is 3. The monoisotopic (exact) mass is 374 g/mol. The lowest BCUT2D eigenvalue weighted by Crippen LogP contribution is -2.51. The third-order valence-corrected chi connectivity index (χ3v) is 4.67. The van der Waals surface area contributed by atoms with Crippen molar-refractivity contribution >= 4 is 57.2 Å². The zero-order chi connectivity index (χ0) is 17.7. The van der Waals surface area contributed by atoms with Gasteiger partial charge in [0.25, 0.3) is 0 Å². The quantitative estimate of drug-likeness (QED) is 0.627. The Morgan fingerprint density at radius 3 is 2.64 bits per heavy atom. The van der Waals surface area contributed by atoms with Gasteiger partial charge in [0.1, 0.15) is 5.69 Å². The van der Waals surface area contributed by atoms with E-state index >= 15 is 0 Å². The molecule has 8 heteroatoms. The smallest absolute Gasteiger partial charge is 0.304 e. The first-order valence-electron chi connectivity index (χ1n) is 7.41. The molecule has 0 spiro atoms. The number of rotatable bonds is 1. The van der Waals surface area contributed by atoms with E-state index in [1.807, 2.05) is 25.1 Å². The number of hydrogen-bond acceptors (Lipinski definition) is 4. The molecule has 0 bridgehead atoms. The van der Waals surface area contributed by atoms with Gasteiger partial charge in [0.05, 0.1) is 26.9 Å². The lowest BCUT2D eigenvalue weighted by Gasteiger charge is -2.36. The number of aryl methyl sites for hydroxylation is 1. The molecule has 4 rings (SSSR count). The minimum Gasteiger partial charge on any atom is -0.304 e. The lowest BCUT2D eigenvalue weighted by atomic mass is 10.1. The molecule has 0 atom stereocenters. The molecule has 0 saturated carbocycles. The second kappa shape index (κ2) is 5.77. The van der Waals surface area contributed by atoms with E-state index in [9.17, 15) is 10.0 Å². The van der Waals surface area contributed by atoms with Gasteiger partial charge in [-0.15, -0.1) is 0 Å². The van der Waals surface area contributed by atoms with Crippen molar-refractivity contribution in [3.05, 3.63) is 58.2 Å². The van der Waals surface area contributed by atoms with Gasteiger partial charge in [0.15, 0.2) is 0 Å². The minimum atomic E-state index is -0.538. The molecule has 1 aliphatic heterocycles. The Morgan fingerprint density at radius 2 is 1.84 bits per heavy atom. The predicted octanol–water partition coefficient (Wildman–Crippen LogP) is 5.01. The average Bonchev–Trinajstić information content (AvgIpc) is 2.57. The van der Waals surface area contributed by atoms with Crippen molar-refractivity contribution in [3.63, 3.8) is 0 Å². The van der Waals surface area contributed by atoms with Crippen LogP contribution in [0.25, 0.3) is 10.9 Å². The minimum absolute atomic E-state index is 0.266. The van der Waals surface area contributed by atoms with Crippen LogP contribution in [0.15, 0.2) is 42.5 Å². The first-order chi connectivity index (χ1) is 12.0. The molecule has 0 fully saturated rings. The molecule has 0 radical (unpaired) electrons. The van der Waals surface area contributed by atoms with E-state index in [0.29, 0.717) is 22.6 Å². The van der Waals surface area contributed by atoms with Gasteiger partial charge in [-0.2, -0.15) is 10.2 Å². The molecule has 1 aliphatic rings. The number of fused-ring (bicyclic) bond motifs is 2. The molecule has 25 heavy (non-hydrogen) atoms. The number of carbonyl (C=O) groups excluding carboxylic acids is 1. The highest BCUT2D eigenvalue weighted by molar-refractivity contribution is 6.42. The highest BCUT2D eigenvalue weighted by Gasteiger charge is 2.32. The van der Waals surface area contributed by atoms with Gasteiger partial charge in [-0.1, -0.05) is 41.4 Å². The molecular formula is C17H12Cl2N4O2. The number of nitrogens with one attached hydrogen (secondary N) is 1. The third kappa shape index (κ3) is 2.55. The van der Waals surface area contributed by atoms with Crippen LogP contribution in [-0.2, 0) is 0 Å². The molecule has 126 valence electrons. The van der Waals surface area contributed by atoms with E-state index in [-0.39, 0.29) is 10.0 Å². The highest BCUT2D eigenvalue weighted by atomic mass is 35.5. The number of urea groups is 1. The van der Waals surface area contributed by atoms with E-state index in [2.05, 4.69) is 10.3 Å². The fourth-order valence-corrected chi connectivity index (χ4v) is 3.10. The molecule has 1 aromatic heterocycles. The molecule has 2 aromatic carbocycles. The normalized spacial score (nSPS) is 13.8. The summed E-state index contributed by atoms with van der Waals surface area (Å²) in [6, 6.07) is 11.6. The van der Waals surface area contributed by atoms with E-state index in [4.69, 9.17) is 23.2 Å². The zero-order valence-corrected chi connectivity index (χ0v) is 14.5. The van der Waals surface area contributed by atoms with Crippen LogP contribution in [0.4, 0.5) is 21.9 Å². The molecule has 0 saturated heterocycles. The fourth-order valence-electron chi connectivity index (χ4n) is 2.78. The van der Waals surface area contributed by atoms with Crippen molar-refractivity contribution in [2.75, 3.05) is 15.5 Å². The van der Waals surface area contributed by atoms with Gasteiger partial charge in [-0.25, -0.2) is 4.79 Å². The summed E-state index contributed by atoms with van der Waals surface area (Å²) in [4.78, 5) is 17.1. The summed E-state index contributed by atoms with van der Waals surface area (Å²) < 4.78 is 0. The topological polar surface area (TPSA) is 68.7 Å². The Morgan fingerprint density at radius 1 is 1.08 bits per heavy atom. The summed E-state index contributed by atoms with van der Waals surface area (Å²) in [6.07, 6.45) is 0. The Bertz CT molecular complexity index is 1020. The Labute approximate surface area is 153 Å². The standard InChI is InChI=1S/C17H12Cl2N4O2/c1-9-5-6-10-3-2-4-14(16(10)20-9)22-17(24)21-13-7-11(18)12(19)8-15(13)23(22)25/h2-8,25H,1H3,(H,21,24). The van der Waals surface area contributed by atoms with Crippen molar-refractivity contribution in [3.8, 4) is 0 Å². The Kier molecular flexibility index (Phi) is 3.68. The Hall–Kier alpha value is -2.54. The number of hydrogen-bond donors (Lipinski definition) is 2. The number of hydrazine groups is 1. The van der Waals surface area contributed by atoms with Gasteiger partial charge >= 0.3 is 6.03 Å². The summed E-state index contributed by atoms with van der Waals surface area (Å²) in [6.45, 7) is 1.86. The summed E-state index contributed by atoms with van der Waals surface area (Å²) in [7, 11) is 0. The molecule has 0 unspecified atom stereocenters. The molecular weight excluding hydrogens is 363 g/mol. The van der Waals surface area contributed by atoms with Crippen molar-refractivity contribution in [2.45, 2.75) is 6.92 Å². The SMILES string of the molecule is Cc1ccc2cccc(N3C(=O)Nc4cc(Cl)c(Cl)cc4N3O)c2n1.